The van der Waals surface area contributed by atoms with Gasteiger partial charge in [0.05, 0.1) is 28.4 Å². The number of hydrogen-bond donors (Lipinski definition) is 1. The molecule has 0 radical (unpaired) electrons. The molecule has 1 saturated heterocycles. The highest BCUT2D eigenvalue weighted by molar-refractivity contribution is 7.22. The Morgan fingerprint density at radius 3 is 2.38 bits per heavy atom. The average molecular weight is 513 g/mol. The van der Waals surface area contributed by atoms with Crippen molar-refractivity contribution in [2.24, 2.45) is 0 Å². The number of rotatable bonds is 5. The van der Waals surface area contributed by atoms with Crippen LogP contribution in [0.3, 0.4) is 0 Å². The van der Waals surface area contributed by atoms with Gasteiger partial charge in [0.25, 0.3) is 5.78 Å². The lowest BCUT2D eigenvalue weighted by Gasteiger charge is -2.24. The van der Waals surface area contributed by atoms with Gasteiger partial charge >= 0.3 is 5.91 Å². The molecule has 0 bridgehead atoms. The first-order valence-corrected chi connectivity index (χ1v) is 13.0. The van der Waals surface area contributed by atoms with E-state index in [9.17, 15) is 14.7 Å². The maximum absolute atomic E-state index is 13.5. The lowest BCUT2D eigenvalue weighted by Crippen LogP contribution is -2.29. The summed E-state index contributed by atoms with van der Waals surface area (Å²) in [5, 5.41) is 11.7. The Labute approximate surface area is 219 Å². The zero-order valence-corrected chi connectivity index (χ0v) is 22.0. The van der Waals surface area contributed by atoms with E-state index in [4.69, 9.17) is 9.72 Å². The number of aliphatic hydroxyl groups excluding tert-OH is 1. The number of carbonyl (C=O) groups excluding carboxylic acids is 2. The van der Waals surface area contributed by atoms with E-state index >= 15 is 0 Å². The van der Waals surface area contributed by atoms with E-state index in [-0.39, 0.29) is 16.7 Å². The summed E-state index contributed by atoms with van der Waals surface area (Å²) < 4.78 is 6.46. The molecule has 1 aromatic heterocycles. The largest absolute Gasteiger partial charge is 0.507 e. The molecular formula is C30H28N2O4S. The van der Waals surface area contributed by atoms with Crippen LogP contribution in [0.25, 0.3) is 16.0 Å². The number of aliphatic hydroxyl groups is 1. The molecule has 5 rings (SSSR count). The lowest BCUT2D eigenvalue weighted by atomic mass is 9.85. The third-order valence-electron chi connectivity index (χ3n) is 6.45. The van der Waals surface area contributed by atoms with Crippen molar-refractivity contribution in [3.8, 4) is 5.75 Å². The van der Waals surface area contributed by atoms with Gasteiger partial charge in [-0.15, -0.1) is 0 Å². The third-order valence-corrected chi connectivity index (χ3v) is 7.47. The van der Waals surface area contributed by atoms with Crippen LogP contribution in [0.5, 0.6) is 5.75 Å². The molecule has 1 fully saturated rings. The van der Waals surface area contributed by atoms with Crippen LogP contribution in [0.4, 0.5) is 5.13 Å². The maximum Gasteiger partial charge on any atom is 0.301 e. The van der Waals surface area contributed by atoms with Crippen LogP contribution in [0.15, 0.2) is 78.4 Å². The summed E-state index contributed by atoms with van der Waals surface area (Å²) in [6, 6.07) is 21.4. The predicted octanol–water partition coefficient (Wildman–Crippen LogP) is 6.62. The second kappa shape index (κ2) is 9.48. The number of fused-ring (bicyclic) bond motifs is 1. The van der Waals surface area contributed by atoms with Gasteiger partial charge in [-0.1, -0.05) is 86.7 Å². The van der Waals surface area contributed by atoms with Crippen LogP contribution in [0.1, 0.15) is 50.4 Å². The number of Topliss-reactive ketones (excluding diaryl/α,β-unsaturated/α-hetero) is 1. The van der Waals surface area contributed by atoms with Crippen molar-refractivity contribution in [1.82, 2.24) is 4.98 Å². The summed E-state index contributed by atoms with van der Waals surface area (Å²) in [4.78, 5) is 33.0. The molecule has 0 aliphatic carbocycles. The van der Waals surface area contributed by atoms with Crippen LogP contribution in [0, 0.1) is 0 Å². The molecule has 0 unspecified atom stereocenters. The summed E-state index contributed by atoms with van der Waals surface area (Å²) in [6.07, 6.45) is 0. The fraction of sp³-hybridized carbons (Fsp3) is 0.233. The normalized spacial score (nSPS) is 17.5. The van der Waals surface area contributed by atoms with Gasteiger partial charge in [0.2, 0.25) is 0 Å². The first-order valence-electron chi connectivity index (χ1n) is 12.2. The molecule has 2 heterocycles. The molecule has 1 atom stereocenters. The number of ether oxygens (including phenoxy) is 1. The SMILES string of the molecule is CCOc1ccc2nc(N3C(=O)C(=O)/C(=C(/O)c4ccccc4)[C@@H]3c3ccc(C(C)(C)C)cc3)sc2c1. The van der Waals surface area contributed by atoms with E-state index < -0.39 is 17.7 Å². The molecule has 1 N–H and O–H groups in total. The Morgan fingerprint density at radius 2 is 1.73 bits per heavy atom. The smallest absolute Gasteiger partial charge is 0.301 e. The van der Waals surface area contributed by atoms with Gasteiger partial charge in [-0.3, -0.25) is 14.5 Å². The number of amides is 1. The highest BCUT2D eigenvalue weighted by Gasteiger charge is 2.48. The highest BCUT2D eigenvalue weighted by Crippen LogP contribution is 2.45. The molecule has 1 amide bonds. The monoisotopic (exact) mass is 512 g/mol. The fourth-order valence-electron chi connectivity index (χ4n) is 4.51. The Hall–Kier alpha value is -3.97. The summed E-state index contributed by atoms with van der Waals surface area (Å²) in [6.45, 7) is 8.83. The molecule has 1 aliphatic heterocycles. The van der Waals surface area contributed by atoms with E-state index in [2.05, 4.69) is 20.8 Å². The second-order valence-corrected chi connectivity index (χ2v) is 11.0. The number of aromatic nitrogens is 1. The number of hydrogen-bond acceptors (Lipinski definition) is 6. The van der Waals surface area contributed by atoms with Crippen molar-refractivity contribution in [2.75, 3.05) is 11.5 Å². The van der Waals surface area contributed by atoms with Crippen LogP contribution >= 0.6 is 11.3 Å². The van der Waals surface area contributed by atoms with Crippen LogP contribution in [0.2, 0.25) is 0 Å². The Balaban J connectivity index is 1.69. The molecule has 6 nitrogen and oxygen atoms in total. The Morgan fingerprint density at radius 1 is 1.03 bits per heavy atom. The van der Waals surface area contributed by atoms with E-state index in [1.165, 1.54) is 16.2 Å². The van der Waals surface area contributed by atoms with Crippen molar-refractivity contribution >= 4 is 44.1 Å². The molecule has 4 aromatic rings. The van der Waals surface area contributed by atoms with E-state index in [0.29, 0.717) is 28.6 Å². The number of ketones is 1. The van der Waals surface area contributed by atoms with E-state index in [1.54, 1.807) is 24.3 Å². The van der Waals surface area contributed by atoms with Crippen LogP contribution in [-0.4, -0.2) is 28.4 Å². The van der Waals surface area contributed by atoms with E-state index in [1.807, 2.05) is 55.5 Å². The van der Waals surface area contributed by atoms with Gasteiger partial charge in [0.15, 0.2) is 5.13 Å². The van der Waals surface area contributed by atoms with Crippen LogP contribution < -0.4 is 9.64 Å². The minimum atomic E-state index is -0.818. The predicted molar refractivity (Wildman–Crippen MR) is 147 cm³/mol. The number of carbonyl (C=O) groups is 2. The number of benzene rings is 3. The molecule has 188 valence electrons. The molecule has 0 spiro atoms. The fourth-order valence-corrected chi connectivity index (χ4v) is 5.54. The quantitative estimate of drug-likeness (QED) is 0.185. The molecule has 0 saturated carbocycles. The van der Waals surface area contributed by atoms with Crippen LogP contribution in [-0.2, 0) is 15.0 Å². The maximum atomic E-state index is 13.5. The Kier molecular flexibility index (Phi) is 6.33. The van der Waals surface area contributed by atoms with Crippen molar-refractivity contribution < 1.29 is 19.4 Å². The summed E-state index contributed by atoms with van der Waals surface area (Å²) >= 11 is 1.31. The Bertz CT molecular complexity index is 1510. The van der Waals surface area contributed by atoms with Crippen molar-refractivity contribution in [3.63, 3.8) is 0 Å². The van der Waals surface area contributed by atoms with Crippen molar-refractivity contribution in [2.45, 2.75) is 39.2 Å². The summed E-state index contributed by atoms with van der Waals surface area (Å²) in [5.41, 5.74) is 3.01. The first-order chi connectivity index (χ1) is 17.7. The minimum Gasteiger partial charge on any atom is -0.507 e. The van der Waals surface area contributed by atoms with Gasteiger partial charge < -0.3 is 9.84 Å². The van der Waals surface area contributed by atoms with Crippen molar-refractivity contribution in [3.05, 3.63) is 95.1 Å². The standard InChI is InChI=1S/C30H28N2O4S/c1-5-36-21-15-16-22-23(17-21)37-29(31-22)32-25(18-11-13-20(14-12-18)30(2,3)4)24(27(34)28(32)35)26(33)19-9-7-6-8-10-19/h6-17,25,33H,5H2,1-4H3/b26-24+/t25-/m0/s1. The number of anilines is 1. The van der Waals surface area contributed by atoms with Gasteiger partial charge in [-0.05, 0) is 41.7 Å². The van der Waals surface area contributed by atoms with Gasteiger partial charge in [0, 0.05) is 5.56 Å². The summed E-state index contributed by atoms with van der Waals surface area (Å²) in [7, 11) is 0. The number of thiazole rings is 1. The topological polar surface area (TPSA) is 79.7 Å². The zero-order valence-electron chi connectivity index (χ0n) is 21.2. The average Bonchev–Trinajstić information content (AvgIpc) is 3.41. The van der Waals surface area contributed by atoms with Gasteiger partial charge in [-0.25, -0.2) is 4.98 Å². The molecule has 3 aromatic carbocycles. The molecular weight excluding hydrogens is 484 g/mol. The van der Waals surface area contributed by atoms with Gasteiger partial charge in [-0.2, -0.15) is 0 Å². The molecule has 7 heteroatoms. The number of nitrogens with zero attached hydrogens (tertiary/aromatic N) is 2. The lowest BCUT2D eigenvalue weighted by molar-refractivity contribution is -0.132. The third kappa shape index (κ3) is 4.51. The molecule has 37 heavy (non-hydrogen) atoms. The summed E-state index contributed by atoms with van der Waals surface area (Å²) in [5.74, 6) is -0.941. The first kappa shape index (κ1) is 24.7. The minimum absolute atomic E-state index is 0.0500. The van der Waals surface area contributed by atoms with E-state index in [0.717, 1.165) is 15.8 Å². The molecule has 1 aliphatic rings. The zero-order chi connectivity index (χ0) is 26.3. The second-order valence-electron chi connectivity index (χ2n) is 9.97. The van der Waals surface area contributed by atoms with Crippen molar-refractivity contribution in [1.29, 1.82) is 0 Å². The highest BCUT2D eigenvalue weighted by atomic mass is 32.1. The van der Waals surface area contributed by atoms with Gasteiger partial charge in [0.1, 0.15) is 11.5 Å².